The molecule has 18 heavy (non-hydrogen) atoms. The van der Waals surface area contributed by atoms with Crippen LogP contribution in [0.3, 0.4) is 0 Å². The van der Waals surface area contributed by atoms with Crippen molar-refractivity contribution >= 4 is 0 Å². The molecule has 2 heteroatoms. The molecule has 1 rings (SSSR count). The minimum atomic E-state index is 0.149. The SMILES string of the molecule is C=CCCOCc1cccc(CNC(C)(C)C)c1. The minimum Gasteiger partial charge on any atom is -0.376 e. The van der Waals surface area contributed by atoms with Gasteiger partial charge in [-0.2, -0.15) is 0 Å². The second kappa shape index (κ2) is 7.34. The fourth-order valence-electron chi connectivity index (χ4n) is 1.55. The van der Waals surface area contributed by atoms with E-state index in [2.05, 4.69) is 56.9 Å². The van der Waals surface area contributed by atoms with E-state index in [0.29, 0.717) is 6.61 Å². The Bertz CT molecular complexity index is 366. The largest absolute Gasteiger partial charge is 0.376 e. The van der Waals surface area contributed by atoms with E-state index in [1.165, 1.54) is 11.1 Å². The Morgan fingerprint density at radius 2 is 2.00 bits per heavy atom. The van der Waals surface area contributed by atoms with Crippen LogP contribution in [-0.2, 0) is 17.9 Å². The fourth-order valence-corrected chi connectivity index (χ4v) is 1.55. The van der Waals surface area contributed by atoms with E-state index in [9.17, 15) is 0 Å². The number of hydrogen-bond acceptors (Lipinski definition) is 2. The summed E-state index contributed by atoms with van der Waals surface area (Å²) in [5.41, 5.74) is 2.68. The van der Waals surface area contributed by atoms with Crippen molar-refractivity contribution in [2.45, 2.75) is 45.9 Å². The van der Waals surface area contributed by atoms with E-state index < -0.39 is 0 Å². The van der Waals surface area contributed by atoms with E-state index in [-0.39, 0.29) is 5.54 Å². The topological polar surface area (TPSA) is 21.3 Å². The molecule has 0 atom stereocenters. The van der Waals surface area contributed by atoms with Crippen LogP contribution >= 0.6 is 0 Å². The van der Waals surface area contributed by atoms with Crippen LogP contribution < -0.4 is 5.32 Å². The summed E-state index contributed by atoms with van der Waals surface area (Å²) in [7, 11) is 0. The van der Waals surface area contributed by atoms with Crippen molar-refractivity contribution in [1.29, 1.82) is 0 Å². The molecule has 0 spiro atoms. The van der Waals surface area contributed by atoms with Crippen molar-refractivity contribution in [1.82, 2.24) is 5.32 Å². The van der Waals surface area contributed by atoms with Gasteiger partial charge in [-0.15, -0.1) is 6.58 Å². The Labute approximate surface area is 111 Å². The van der Waals surface area contributed by atoms with Gasteiger partial charge in [0.05, 0.1) is 13.2 Å². The highest BCUT2D eigenvalue weighted by molar-refractivity contribution is 5.23. The first-order valence-electron chi connectivity index (χ1n) is 6.53. The van der Waals surface area contributed by atoms with Crippen LogP contribution in [0.4, 0.5) is 0 Å². The van der Waals surface area contributed by atoms with Crippen molar-refractivity contribution in [3.05, 3.63) is 48.0 Å². The van der Waals surface area contributed by atoms with Crippen molar-refractivity contribution < 1.29 is 4.74 Å². The van der Waals surface area contributed by atoms with Gasteiger partial charge in [-0.1, -0.05) is 30.3 Å². The first-order valence-corrected chi connectivity index (χ1v) is 6.53. The van der Waals surface area contributed by atoms with E-state index in [0.717, 1.165) is 19.6 Å². The maximum Gasteiger partial charge on any atom is 0.0717 e. The molecule has 0 saturated heterocycles. The van der Waals surface area contributed by atoms with E-state index in [1.807, 2.05) is 6.08 Å². The summed E-state index contributed by atoms with van der Waals surface area (Å²) in [4.78, 5) is 0. The van der Waals surface area contributed by atoms with E-state index >= 15 is 0 Å². The third-order valence-electron chi connectivity index (χ3n) is 2.55. The molecule has 0 saturated carbocycles. The number of hydrogen-bond donors (Lipinski definition) is 1. The van der Waals surface area contributed by atoms with Gasteiger partial charge in [-0.3, -0.25) is 0 Å². The Hall–Kier alpha value is -1.12. The number of ether oxygens (including phenoxy) is 1. The Kier molecular flexibility index (Phi) is 6.10. The van der Waals surface area contributed by atoms with Gasteiger partial charge in [-0.05, 0) is 38.3 Å². The molecule has 1 aromatic carbocycles. The smallest absolute Gasteiger partial charge is 0.0717 e. The van der Waals surface area contributed by atoms with E-state index in [4.69, 9.17) is 4.74 Å². The van der Waals surface area contributed by atoms with Gasteiger partial charge < -0.3 is 10.1 Å². The summed E-state index contributed by atoms with van der Waals surface area (Å²) in [6.07, 6.45) is 2.79. The highest BCUT2D eigenvalue weighted by Gasteiger charge is 2.08. The zero-order valence-corrected chi connectivity index (χ0v) is 11.8. The van der Waals surface area contributed by atoms with Crippen molar-refractivity contribution in [2.24, 2.45) is 0 Å². The van der Waals surface area contributed by atoms with Crippen molar-refractivity contribution in [2.75, 3.05) is 6.61 Å². The average molecular weight is 247 g/mol. The number of rotatable bonds is 7. The third kappa shape index (κ3) is 6.58. The fraction of sp³-hybridized carbons (Fsp3) is 0.500. The second-order valence-electron chi connectivity index (χ2n) is 5.55. The van der Waals surface area contributed by atoms with Gasteiger partial charge in [0, 0.05) is 12.1 Å². The summed E-state index contributed by atoms with van der Waals surface area (Å²) < 4.78 is 5.57. The van der Waals surface area contributed by atoms with Crippen molar-refractivity contribution in [3.8, 4) is 0 Å². The molecule has 0 aliphatic carbocycles. The standard InChI is InChI=1S/C16H25NO/c1-5-6-10-18-13-15-9-7-8-14(11-15)12-17-16(2,3)4/h5,7-9,11,17H,1,6,10,12-13H2,2-4H3. The molecule has 1 aromatic rings. The quantitative estimate of drug-likeness (QED) is 0.586. The van der Waals surface area contributed by atoms with Crippen molar-refractivity contribution in [3.63, 3.8) is 0 Å². The normalized spacial score (nSPS) is 11.5. The monoisotopic (exact) mass is 247 g/mol. The van der Waals surface area contributed by atoms with Crippen LogP contribution in [0.15, 0.2) is 36.9 Å². The van der Waals surface area contributed by atoms with Gasteiger partial charge in [0.15, 0.2) is 0 Å². The predicted octanol–water partition coefficient (Wildman–Crippen LogP) is 3.67. The molecule has 0 fully saturated rings. The second-order valence-corrected chi connectivity index (χ2v) is 5.55. The summed E-state index contributed by atoms with van der Waals surface area (Å²) in [6.45, 7) is 12.5. The zero-order valence-electron chi connectivity index (χ0n) is 11.8. The molecule has 1 N–H and O–H groups in total. The first-order chi connectivity index (χ1) is 8.51. The molecule has 0 unspecified atom stereocenters. The highest BCUT2D eigenvalue weighted by Crippen LogP contribution is 2.09. The van der Waals surface area contributed by atoms with Crippen LogP contribution in [-0.4, -0.2) is 12.1 Å². The summed E-state index contributed by atoms with van der Waals surface area (Å²) in [5.74, 6) is 0. The lowest BCUT2D eigenvalue weighted by molar-refractivity contribution is 0.125. The Balaban J connectivity index is 2.43. The van der Waals surface area contributed by atoms with Gasteiger partial charge in [0.1, 0.15) is 0 Å². The highest BCUT2D eigenvalue weighted by atomic mass is 16.5. The zero-order chi connectivity index (χ0) is 13.4. The Morgan fingerprint density at radius 1 is 1.28 bits per heavy atom. The molecular formula is C16H25NO. The Morgan fingerprint density at radius 3 is 2.67 bits per heavy atom. The molecule has 0 aliphatic rings. The summed E-state index contributed by atoms with van der Waals surface area (Å²) in [6, 6.07) is 8.54. The van der Waals surface area contributed by atoms with E-state index in [1.54, 1.807) is 0 Å². The molecule has 0 aromatic heterocycles. The van der Waals surface area contributed by atoms with Crippen LogP contribution in [0.5, 0.6) is 0 Å². The number of nitrogens with one attached hydrogen (secondary N) is 1. The minimum absolute atomic E-state index is 0.149. The van der Waals surface area contributed by atoms with Gasteiger partial charge in [0.25, 0.3) is 0 Å². The lowest BCUT2D eigenvalue weighted by Crippen LogP contribution is -2.35. The molecule has 0 radical (unpaired) electrons. The number of benzene rings is 1. The van der Waals surface area contributed by atoms with Crippen LogP contribution in [0.25, 0.3) is 0 Å². The third-order valence-corrected chi connectivity index (χ3v) is 2.55. The van der Waals surface area contributed by atoms with Crippen LogP contribution in [0.2, 0.25) is 0 Å². The maximum atomic E-state index is 5.57. The summed E-state index contributed by atoms with van der Waals surface area (Å²) in [5, 5.41) is 3.49. The lowest BCUT2D eigenvalue weighted by Gasteiger charge is -2.20. The first kappa shape index (κ1) is 14.9. The molecule has 100 valence electrons. The molecule has 0 heterocycles. The molecule has 2 nitrogen and oxygen atoms in total. The molecular weight excluding hydrogens is 222 g/mol. The molecule has 0 amide bonds. The maximum absolute atomic E-state index is 5.57. The van der Waals surface area contributed by atoms with Crippen LogP contribution in [0, 0.1) is 0 Å². The lowest BCUT2D eigenvalue weighted by atomic mass is 10.1. The molecule has 0 bridgehead atoms. The molecule has 0 aliphatic heterocycles. The average Bonchev–Trinajstić information content (AvgIpc) is 2.32. The van der Waals surface area contributed by atoms with Crippen LogP contribution in [0.1, 0.15) is 38.3 Å². The van der Waals surface area contributed by atoms with Gasteiger partial charge >= 0.3 is 0 Å². The predicted molar refractivity (Wildman–Crippen MR) is 77.5 cm³/mol. The summed E-state index contributed by atoms with van der Waals surface area (Å²) >= 11 is 0. The van der Waals surface area contributed by atoms with Gasteiger partial charge in [-0.25, -0.2) is 0 Å². The van der Waals surface area contributed by atoms with Gasteiger partial charge in [0.2, 0.25) is 0 Å².